The van der Waals surface area contributed by atoms with Crippen molar-refractivity contribution >= 4 is 43.2 Å². The lowest BCUT2D eigenvalue weighted by molar-refractivity contribution is 0.475. The second kappa shape index (κ2) is 5.40. The Morgan fingerprint density at radius 2 is 1.74 bits per heavy atom. The molecule has 2 aromatic rings. The molecule has 0 saturated carbocycles. The lowest BCUT2D eigenvalue weighted by atomic mass is 10.3. The first-order valence-corrected chi connectivity index (χ1v) is 7.81. The van der Waals surface area contributed by atoms with Crippen LogP contribution >= 0.6 is 27.5 Å². The maximum Gasteiger partial charge on any atom is 0.261 e. The number of nitrogens with one attached hydrogen (secondary N) is 1. The van der Waals surface area contributed by atoms with E-state index in [1.807, 2.05) is 0 Å². The van der Waals surface area contributed by atoms with Crippen molar-refractivity contribution in [1.29, 1.82) is 0 Å². The third kappa shape index (κ3) is 3.40. The van der Waals surface area contributed by atoms with E-state index in [9.17, 15) is 8.42 Å². The molecule has 0 aliphatic heterocycles. The fourth-order valence-corrected chi connectivity index (χ4v) is 3.39. The average Bonchev–Trinajstić information content (AvgIpc) is 2.33. The van der Waals surface area contributed by atoms with Gasteiger partial charge in [-0.1, -0.05) is 11.6 Å². The number of phenols is 1. The number of phenolic OH excluding ortho intramolecular Hbond substituents is 1. The van der Waals surface area contributed by atoms with E-state index < -0.39 is 10.0 Å². The van der Waals surface area contributed by atoms with E-state index in [2.05, 4.69) is 20.7 Å². The highest BCUT2D eigenvalue weighted by molar-refractivity contribution is 9.10. The molecule has 0 heterocycles. The average molecular weight is 363 g/mol. The number of hydrogen-bond acceptors (Lipinski definition) is 3. The van der Waals surface area contributed by atoms with Crippen LogP contribution in [0.25, 0.3) is 0 Å². The van der Waals surface area contributed by atoms with Crippen LogP contribution in [0.4, 0.5) is 5.69 Å². The predicted octanol–water partition coefficient (Wildman–Crippen LogP) is 3.61. The van der Waals surface area contributed by atoms with Crippen molar-refractivity contribution < 1.29 is 13.5 Å². The molecule has 7 heteroatoms. The third-order valence-electron chi connectivity index (χ3n) is 2.32. The van der Waals surface area contributed by atoms with Crippen LogP contribution in [-0.2, 0) is 10.0 Å². The molecular formula is C12H9BrClNO3S. The number of halogens is 2. The third-order valence-corrected chi connectivity index (χ3v) is 4.60. The van der Waals surface area contributed by atoms with E-state index in [1.165, 1.54) is 24.3 Å². The van der Waals surface area contributed by atoms with Crippen LogP contribution in [0.3, 0.4) is 0 Å². The number of anilines is 1. The molecular weight excluding hydrogens is 354 g/mol. The van der Waals surface area contributed by atoms with Gasteiger partial charge in [-0.3, -0.25) is 4.72 Å². The topological polar surface area (TPSA) is 66.4 Å². The van der Waals surface area contributed by atoms with Crippen molar-refractivity contribution in [2.24, 2.45) is 0 Å². The van der Waals surface area contributed by atoms with E-state index in [1.54, 1.807) is 18.2 Å². The Kier molecular flexibility index (Phi) is 4.03. The lowest BCUT2D eigenvalue weighted by Crippen LogP contribution is -2.13. The summed E-state index contributed by atoms with van der Waals surface area (Å²) in [5, 5.41) is 9.65. The Hall–Kier alpha value is -1.24. The standard InChI is InChI=1S/C12H9BrClNO3S/c13-11-7-8(14)1-6-12(11)15-19(17,18)10-4-2-9(16)3-5-10/h1-7,15-16H. The minimum absolute atomic E-state index is 0.00613. The zero-order chi connectivity index (χ0) is 14.0. The second-order valence-electron chi connectivity index (χ2n) is 3.72. The van der Waals surface area contributed by atoms with Crippen molar-refractivity contribution in [2.45, 2.75) is 4.90 Å². The maximum atomic E-state index is 12.1. The molecule has 0 amide bonds. The molecule has 0 aliphatic carbocycles. The van der Waals surface area contributed by atoms with Crippen molar-refractivity contribution in [1.82, 2.24) is 0 Å². The zero-order valence-electron chi connectivity index (χ0n) is 9.47. The molecule has 0 aromatic heterocycles. The molecule has 2 aromatic carbocycles. The molecule has 0 saturated heterocycles. The van der Waals surface area contributed by atoms with E-state index in [0.717, 1.165) is 0 Å². The van der Waals surface area contributed by atoms with Gasteiger partial charge >= 0.3 is 0 Å². The molecule has 100 valence electrons. The smallest absolute Gasteiger partial charge is 0.261 e. The molecule has 0 unspecified atom stereocenters. The number of aromatic hydroxyl groups is 1. The summed E-state index contributed by atoms with van der Waals surface area (Å²) >= 11 is 9.02. The highest BCUT2D eigenvalue weighted by atomic mass is 79.9. The molecule has 0 aliphatic rings. The zero-order valence-corrected chi connectivity index (χ0v) is 12.6. The van der Waals surface area contributed by atoms with Crippen LogP contribution in [0.2, 0.25) is 5.02 Å². The summed E-state index contributed by atoms with van der Waals surface area (Å²) in [5.41, 5.74) is 0.387. The van der Waals surface area contributed by atoms with Gasteiger partial charge in [0.05, 0.1) is 10.6 Å². The van der Waals surface area contributed by atoms with Gasteiger partial charge in [0.2, 0.25) is 0 Å². The molecule has 0 fully saturated rings. The van der Waals surface area contributed by atoms with Crippen LogP contribution in [-0.4, -0.2) is 13.5 Å². The summed E-state index contributed by atoms with van der Waals surface area (Å²) in [5.74, 6) is 0.00613. The quantitative estimate of drug-likeness (QED) is 0.876. The highest BCUT2D eigenvalue weighted by Gasteiger charge is 2.15. The van der Waals surface area contributed by atoms with Crippen molar-refractivity contribution in [2.75, 3.05) is 4.72 Å². The Morgan fingerprint density at radius 1 is 1.11 bits per heavy atom. The highest BCUT2D eigenvalue weighted by Crippen LogP contribution is 2.28. The molecule has 2 N–H and O–H groups in total. The van der Waals surface area contributed by atoms with Gasteiger partial charge in [-0.2, -0.15) is 0 Å². The van der Waals surface area contributed by atoms with Crippen LogP contribution in [0.1, 0.15) is 0 Å². The Balaban J connectivity index is 2.33. The minimum Gasteiger partial charge on any atom is -0.508 e. The van der Waals surface area contributed by atoms with Gasteiger partial charge in [0.1, 0.15) is 5.75 Å². The fraction of sp³-hybridized carbons (Fsp3) is 0. The van der Waals surface area contributed by atoms with E-state index in [-0.39, 0.29) is 10.6 Å². The molecule has 0 atom stereocenters. The predicted molar refractivity (Wildman–Crippen MR) is 78.1 cm³/mol. The normalized spacial score (nSPS) is 11.3. The van der Waals surface area contributed by atoms with Crippen LogP contribution < -0.4 is 4.72 Å². The van der Waals surface area contributed by atoms with E-state index in [0.29, 0.717) is 15.2 Å². The molecule has 4 nitrogen and oxygen atoms in total. The summed E-state index contributed by atoms with van der Waals surface area (Å²) in [4.78, 5) is 0.0622. The SMILES string of the molecule is O=S(=O)(Nc1ccc(Cl)cc1Br)c1ccc(O)cc1. The monoisotopic (exact) mass is 361 g/mol. The van der Waals surface area contributed by atoms with Crippen LogP contribution in [0.5, 0.6) is 5.75 Å². The summed E-state index contributed by atoms with van der Waals surface area (Å²) in [6.45, 7) is 0. The van der Waals surface area contributed by atoms with Gasteiger partial charge in [0.25, 0.3) is 10.0 Å². The second-order valence-corrected chi connectivity index (χ2v) is 6.70. The first-order valence-electron chi connectivity index (χ1n) is 5.15. The van der Waals surface area contributed by atoms with Crippen LogP contribution in [0, 0.1) is 0 Å². The van der Waals surface area contributed by atoms with Gasteiger partial charge < -0.3 is 5.11 Å². The number of hydrogen-bond donors (Lipinski definition) is 2. The van der Waals surface area contributed by atoms with E-state index >= 15 is 0 Å². The van der Waals surface area contributed by atoms with Crippen LogP contribution in [0.15, 0.2) is 51.8 Å². The summed E-state index contributed by atoms with van der Waals surface area (Å²) in [6, 6.07) is 10.0. The fourth-order valence-electron chi connectivity index (χ4n) is 1.40. The van der Waals surface area contributed by atoms with Gasteiger partial charge in [-0.25, -0.2) is 8.42 Å². The minimum atomic E-state index is -3.70. The Labute approximate surface area is 124 Å². The summed E-state index contributed by atoms with van der Waals surface area (Å²) in [6.07, 6.45) is 0. The lowest BCUT2D eigenvalue weighted by Gasteiger charge is -2.10. The van der Waals surface area contributed by atoms with Crippen molar-refractivity contribution in [3.05, 3.63) is 52.0 Å². The van der Waals surface area contributed by atoms with E-state index in [4.69, 9.17) is 16.7 Å². The maximum absolute atomic E-state index is 12.1. The molecule has 0 bridgehead atoms. The number of benzene rings is 2. The largest absolute Gasteiger partial charge is 0.508 e. The van der Waals surface area contributed by atoms with Crippen molar-refractivity contribution in [3.63, 3.8) is 0 Å². The first-order chi connectivity index (χ1) is 8.88. The van der Waals surface area contributed by atoms with Gasteiger partial charge in [-0.05, 0) is 58.4 Å². The summed E-state index contributed by atoms with van der Waals surface area (Å²) < 4.78 is 27.2. The number of sulfonamides is 1. The Bertz CT molecular complexity index is 701. The van der Waals surface area contributed by atoms with Gasteiger partial charge in [-0.15, -0.1) is 0 Å². The molecule has 0 spiro atoms. The first kappa shape index (κ1) is 14.2. The molecule has 2 rings (SSSR count). The molecule has 0 radical (unpaired) electrons. The Morgan fingerprint density at radius 3 is 2.32 bits per heavy atom. The number of rotatable bonds is 3. The van der Waals surface area contributed by atoms with Gasteiger partial charge in [0, 0.05) is 9.50 Å². The van der Waals surface area contributed by atoms with Crippen molar-refractivity contribution in [3.8, 4) is 5.75 Å². The molecule has 19 heavy (non-hydrogen) atoms. The van der Waals surface area contributed by atoms with Gasteiger partial charge in [0.15, 0.2) is 0 Å². The summed E-state index contributed by atoms with van der Waals surface area (Å²) in [7, 11) is -3.70.